The molecule has 0 bridgehead atoms. The second-order valence-electron chi connectivity index (χ2n) is 6.04. The summed E-state index contributed by atoms with van der Waals surface area (Å²) in [4.78, 5) is 12.4. The molecule has 0 spiro atoms. The Bertz CT molecular complexity index is 726. The standard InChI is InChI=1S/C18H17FN2O/c19-14-4-1-11(2-5-14)12-3-6-15-16(7-12)18(22)21-9-13-8-20-10-17(13)15/h1-7,13,17,20H,8-10H2,(H,21,22). The third-order valence-corrected chi connectivity index (χ3v) is 4.74. The van der Waals surface area contributed by atoms with Crippen molar-refractivity contribution in [2.45, 2.75) is 5.92 Å². The van der Waals surface area contributed by atoms with Crippen molar-refractivity contribution in [2.24, 2.45) is 5.92 Å². The molecule has 0 radical (unpaired) electrons. The van der Waals surface area contributed by atoms with E-state index in [0.29, 0.717) is 11.8 Å². The molecule has 0 aliphatic carbocycles. The molecule has 1 saturated heterocycles. The van der Waals surface area contributed by atoms with Gasteiger partial charge in [0.2, 0.25) is 0 Å². The van der Waals surface area contributed by atoms with Crippen LogP contribution in [0.25, 0.3) is 11.1 Å². The molecule has 2 N–H and O–H groups in total. The van der Waals surface area contributed by atoms with Gasteiger partial charge in [0.05, 0.1) is 0 Å². The number of rotatable bonds is 1. The zero-order valence-corrected chi connectivity index (χ0v) is 12.1. The summed E-state index contributed by atoms with van der Waals surface area (Å²) in [6, 6.07) is 12.4. The Hall–Kier alpha value is -2.20. The number of hydrogen-bond acceptors (Lipinski definition) is 2. The van der Waals surface area contributed by atoms with Gasteiger partial charge in [0.15, 0.2) is 0 Å². The summed E-state index contributed by atoms with van der Waals surface area (Å²) in [6.45, 7) is 2.59. The number of carbonyl (C=O) groups is 1. The molecule has 2 aromatic carbocycles. The predicted octanol–water partition coefficient (Wildman–Crippen LogP) is 2.54. The van der Waals surface area contributed by atoms with Crippen molar-refractivity contribution >= 4 is 5.91 Å². The largest absolute Gasteiger partial charge is 0.352 e. The third kappa shape index (κ3) is 2.20. The normalized spacial score (nSPS) is 23.4. The summed E-state index contributed by atoms with van der Waals surface area (Å²) in [5.41, 5.74) is 3.73. The van der Waals surface area contributed by atoms with Crippen LogP contribution in [0, 0.1) is 11.7 Å². The highest BCUT2D eigenvalue weighted by Gasteiger charge is 2.34. The van der Waals surface area contributed by atoms with Crippen LogP contribution in [0.2, 0.25) is 0 Å². The number of hydrogen-bond donors (Lipinski definition) is 2. The summed E-state index contributed by atoms with van der Waals surface area (Å²) in [6.07, 6.45) is 0. The average molecular weight is 296 g/mol. The van der Waals surface area contributed by atoms with E-state index in [2.05, 4.69) is 16.7 Å². The Morgan fingerprint density at radius 3 is 2.55 bits per heavy atom. The quantitative estimate of drug-likeness (QED) is 0.849. The van der Waals surface area contributed by atoms with E-state index in [9.17, 15) is 9.18 Å². The average Bonchev–Trinajstić information content (AvgIpc) is 2.96. The minimum absolute atomic E-state index is 0.00615. The van der Waals surface area contributed by atoms with E-state index in [4.69, 9.17) is 0 Å². The summed E-state index contributed by atoms with van der Waals surface area (Å²) in [5, 5.41) is 6.43. The second-order valence-corrected chi connectivity index (χ2v) is 6.04. The first kappa shape index (κ1) is 13.5. The van der Waals surface area contributed by atoms with Crippen molar-refractivity contribution in [3.63, 3.8) is 0 Å². The molecule has 4 heteroatoms. The SMILES string of the molecule is O=C1NCC2CNCC2c2ccc(-c3ccc(F)cc3)cc21. The fraction of sp³-hybridized carbons (Fsp3) is 0.278. The molecule has 0 aromatic heterocycles. The summed E-state index contributed by atoms with van der Waals surface area (Å²) in [5.74, 6) is 0.586. The van der Waals surface area contributed by atoms with E-state index < -0.39 is 0 Å². The summed E-state index contributed by atoms with van der Waals surface area (Å²) < 4.78 is 13.1. The van der Waals surface area contributed by atoms with Gasteiger partial charge in [0.1, 0.15) is 5.82 Å². The minimum atomic E-state index is -0.254. The Kier molecular flexibility index (Phi) is 3.19. The van der Waals surface area contributed by atoms with E-state index in [0.717, 1.165) is 41.9 Å². The van der Waals surface area contributed by atoms with Gasteiger partial charge >= 0.3 is 0 Å². The molecular formula is C18H17FN2O. The van der Waals surface area contributed by atoms with Crippen LogP contribution >= 0.6 is 0 Å². The van der Waals surface area contributed by atoms with Crippen LogP contribution < -0.4 is 10.6 Å². The molecule has 2 unspecified atom stereocenters. The molecule has 0 saturated carbocycles. The van der Waals surface area contributed by atoms with Gasteiger partial charge in [-0.25, -0.2) is 4.39 Å². The number of halogens is 1. The lowest BCUT2D eigenvalue weighted by Gasteiger charge is -2.16. The fourth-order valence-corrected chi connectivity index (χ4v) is 3.53. The van der Waals surface area contributed by atoms with Crippen molar-refractivity contribution in [1.82, 2.24) is 10.6 Å². The maximum atomic E-state index is 13.1. The van der Waals surface area contributed by atoms with Crippen LogP contribution in [-0.4, -0.2) is 25.5 Å². The number of nitrogens with one attached hydrogen (secondary N) is 2. The minimum Gasteiger partial charge on any atom is -0.352 e. The Labute approximate surface area is 128 Å². The maximum absolute atomic E-state index is 13.1. The number of fused-ring (bicyclic) bond motifs is 3. The van der Waals surface area contributed by atoms with Crippen LogP contribution in [-0.2, 0) is 0 Å². The van der Waals surface area contributed by atoms with Crippen LogP contribution in [0.1, 0.15) is 21.8 Å². The molecule has 2 aliphatic rings. The van der Waals surface area contributed by atoms with Crippen LogP contribution in [0.15, 0.2) is 42.5 Å². The molecule has 1 fully saturated rings. The molecule has 1 amide bonds. The highest BCUT2D eigenvalue weighted by Crippen LogP contribution is 2.34. The van der Waals surface area contributed by atoms with Gasteiger partial charge in [-0.05, 0) is 40.8 Å². The zero-order chi connectivity index (χ0) is 15.1. The van der Waals surface area contributed by atoms with Crippen molar-refractivity contribution < 1.29 is 9.18 Å². The molecule has 112 valence electrons. The number of benzene rings is 2. The van der Waals surface area contributed by atoms with Gasteiger partial charge < -0.3 is 10.6 Å². The summed E-state index contributed by atoms with van der Waals surface area (Å²) >= 11 is 0. The molecule has 4 rings (SSSR count). The van der Waals surface area contributed by atoms with E-state index >= 15 is 0 Å². The van der Waals surface area contributed by atoms with E-state index in [-0.39, 0.29) is 11.7 Å². The highest BCUT2D eigenvalue weighted by molar-refractivity contribution is 5.97. The first-order chi connectivity index (χ1) is 10.7. The zero-order valence-electron chi connectivity index (χ0n) is 12.1. The lowest BCUT2D eigenvalue weighted by molar-refractivity contribution is 0.0952. The molecule has 2 aromatic rings. The Morgan fingerprint density at radius 2 is 1.73 bits per heavy atom. The molecular weight excluding hydrogens is 279 g/mol. The van der Waals surface area contributed by atoms with Crippen molar-refractivity contribution in [3.05, 3.63) is 59.4 Å². The lowest BCUT2D eigenvalue weighted by Crippen LogP contribution is -2.28. The maximum Gasteiger partial charge on any atom is 0.251 e. The van der Waals surface area contributed by atoms with Gasteiger partial charge in [0.25, 0.3) is 5.91 Å². The first-order valence-corrected chi connectivity index (χ1v) is 7.61. The monoisotopic (exact) mass is 296 g/mol. The predicted molar refractivity (Wildman–Crippen MR) is 83.3 cm³/mol. The van der Waals surface area contributed by atoms with Gasteiger partial charge in [-0.2, -0.15) is 0 Å². The van der Waals surface area contributed by atoms with E-state index in [1.165, 1.54) is 12.1 Å². The van der Waals surface area contributed by atoms with Gasteiger partial charge in [-0.15, -0.1) is 0 Å². The number of carbonyl (C=O) groups excluding carboxylic acids is 1. The molecule has 3 nitrogen and oxygen atoms in total. The number of amides is 1. The lowest BCUT2D eigenvalue weighted by atomic mass is 9.86. The fourth-order valence-electron chi connectivity index (χ4n) is 3.53. The molecule has 2 heterocycles. The highest BCUT2D eigenvalue weighted by atomic mass is 19.1. The second kappa shape index (κ2) is 5.21. The Balaban J connectivity index is 1.79. The van der Waals surface area contributed by atoms with Gasteiger partial charge in [0, 0.05) is 31.1 Å². The van der Waals surface area contributed by atoms with Crippen LogP contribution in [0.4, 0.5) is 4.39 Å². The van der Waals surface area contributed by atoms with Crippen molar-refractivity contribution in [3.8, 4) is 11.1 Å². The summed E-state index contributed by atoms with van der Waals surface area (Å²) in [7, 11) is 0. The molecule has 2 aliphatic heterocycles. The molecule has 2 atom stereocenters. The van der Waals surface area contributed by atoms with Gasteiger partial charge in [-0.3, -0.25) is 4.79 Å². The van der Waals surface area contributed by atoms with E-state index in [1.54, 1.807) is 12.1 Å². The van der Waals surface area contributed by atoms with Crippen molar-refractivity contribution in [2.75, 3.05) is 19.6 Å². The first-order valence-electron chi connectivity index (χ1n) is 7.61. The van der Waals surface area contributed by atoms with Crippen LogP contribution in [0.5, 0.6) is 0 Å². The Morgan fingerprint density at radius 1 is 0.955 bits per heavy atom. The van der Waals surface area contributed by atoms with Gasteiger partial charge in [-0.1, -0.05) is 24.3 Å². The topological polar surface area (TPSA) is 41.1 Å². The van der Waals surface area contributed by atoms with E-state index in [1.807, 2.05) is 12.1 Å². The smallest absolute Gasteiger partial charge is 0.251 e. The van der Waals surface area contributed by atoms with Crippen LogP contribution in [0.3, 0.4) is 0 Å². The molecule has 22 heavy (non-hydrogen) atoms. The third-order valence-electron chi connectivity index (χ3n) is 4.74. The van der Waals surface area contributed by atoms with Crippen molar-refractivity contribution in [1.29, 1.82) is 0 Å².